The summed E-state index contributed by atoms with van der Waals surface area (Å²) in [5.41, 5.74) is 1.16. The summed E-state index contributed by atoms with van der Waals surface area (Å²) in [6.45, 7) is 0. The van der Waals surface area contributed by atoms with E-state index >= 15 is 0 Å². The summed E-state index contributed by atoms with van der Waals surface area (Å²) in [6, 6.07) is 9.87. The molecule has 0 amide bonds. The topological polar surface area (TPSA) is 76.9 Å². The molecule has 3 aromatic rings. The van der Waals surface area contributed by atoms with E-state index in [2.05, 4.69) is 14.9 Å². The van der Waals surface area contributed by atoms with Crippen molar-refractivity contribution in [2.75, 3.05) is 4.72 Å². The molecule has 0 saturated carbocycles. The molecular formula is C15H12ClFN4O2S. The van der Waals surface area contributed by atoms with Crippen LogP contribution in [0.5, 0.6) is 0 Å². The van der Waals surface area contributed by atoms with Crippen LogP contribution in [0, 0.1) is 5.82 Å². The Morgan fingerprint density at radius 2 is 1.88 bits per heavy atom. The van der Waals surface area contributed by atoms with Gasteiger partial charge in [0.1, 0.15) is 12.1 Å². The van der Waals surface area contributed by atoms with Gasteiger partial charge in [-0.2, -0.15) is 0 Å². The van der Waals surface area contributed by atoms with E-state index < -0.39 is 15.8 Å². The number of aromatic nitrogens is 3. The molecule has 24 heavy (non-hydrogen) atoms. The van der Waals surface area contributed by atoms with Gasteiger partial charge in [-0.1, -0.05) is 11.6 Å². The number of nitrogens with zero attached hydrogens (tertiary/aromatic N) is 3. The lowest BCUT2D eigenvalue weighted by molar-refractivity contribution is 0.599. The SMILES string of the molecule is Cn1cnnc1-c1ccc(NS(=O)(=O)c2ccc(F)c(Cl)c2)cc1. The number of hydrogen-bond acceptors (Lipinski definition) is 4. The van der Waals surface area contributed by atoms with Crippen molar-refractivity contribution in [2.24, 2.45) is 7.05 Å². The minimum absolute atomic E-state index is 0.119. The maximum atomic E-state index is 13.2. The van der Waals surface area contributed by atoms with Gasteiger partial charge in [-0.05, 0) is 42.5 Å². The van der Waals surface area contributed by atoms with Crippen molar-refractivity contribution in [1.82, 2.24) is 14.8 Å². The molecule has 6 nitrogen and oxygen atoms in total. The molecule has 124 valence electrons. The fourth-order valence-electron chi connectivity index (χ4n) is 2.09. The maximum absolute atomic E-state index is 13.2. The molecule has 0 radical (unpaired) electrons. The second-order valence-corrected chi connectivity index (χ2v) is 7.11. The van der Waals surface area contributed by atoms with Gasteiger partial charge in [0.25, 0.3) is 10.0 Å². The van der Waals surface area contributed by atoms with Gasteiger partial charge >= 0.3 is 0 Å². The van der Waals surface area contributed by atoms with Crippen molar-refractivity contribution in [3.8, 4) is 11.4 Å². The fraction of sp³-hybridized carbons (Fsp3) is 0.0667. The van der Waals surface area contributed by atoms with Crippen molar-refractivity contribution in [2.45, 2.75) is 4.90 Å². The molecule has 0 aliphatic rings. The average molecular weight is 367 g/mol. The van der Waals surface area contributed by atoms with Gasteiger partial charge in [0.15, 0.2) is 5.82 Å². The highest BCUT2D eigenvalue weighted by molar-refractivity contribution is 7.92. The molecule has 1 heterocycles. The zero-order chi connectivity index (χ0) is 17.3. The van der Waals surface area contributed by atoms with Crippen LogP contribution in [-0.2, 0) is 17.1 Å². The molecule has 0 unspecified atom stereocenters. The van der Waals surface area contributed by atoms with Crippen molar-refractivity contribution in [3.63, 3.8) is 0 Å². The van der Waals surface area contributed by atoms with E-state index in [1.165, 1.54) is 0 Å². The lowest BCUT2D eigenvalue weighted by atomic mass is 10.2. The van der Waals surface area contributed by atoms with E-state index in [1.807, 2.05) is 7.05 Å². The van der Waals surface area contributed by atoms with E-state index in [0.717, 1.165) is 23.8 Å². The molecular weight excluding hydrogens is 355 g/mol. The van der Waals surface area contributed by atoms with Crippen molar-refractivity contribution >= 4 is 27.3 Å². The van der Waals surface area contributed by atoms with Gasteiger partial charge in [0.2, 0.25) is 0 Å². The standard InChI is InChI=1S/C15H12ClFN4O2S/c1-21-9-18-19-15(21)10-2-4-11(5-3-10)20-24(22,23)12-6-7-14(17)13(16)8-12/h2-9,20H,1H3. The lowest BCUT2D eigenvalue weighted by Crippen LogP contribution is -2.13. The number of aryl methyl sites for hydroxylation is 1. The predicted molar refractivity (Wildman–Crippen MR) is 88.7 cm³/mol. The summed E-state index contributed by atoms with van der Waals surface area (Å²) < 4.78 is 42.0. The first kappa shape index (κ1) is 16.4. The molecule has 0 saturated heterocycles. The average Bonchev–Trinajstić information content (AvgIpc) is 2.96. The summed E-state index contributed by atoms with van der Waals surface area (Å²) in [5.74, 6) is -0.0154. The molecule has 3 rings (SSSR count). The van der Waals surface area contributed by atoms with Crippen LogP contribution in [-0.4, -0.2) is 23.2 Å². The number of hydrogen-bond donors (Lipinski definition) is 1. The van der Waals surface area contributed by atoms with Crippen molar-refractivity contribution in [3.05, 3.63) is 59.6 Å². The third-order valence-corrected chi connectivity index (χ3v) is 4.98. The number of sulfonamides is 1. The molecule has 0 spiro atoms. The Labute approximate surface area is 143 Å². The van der Waals surface area contributed by atoms with Crippen molar-refractivity contribution < 1.29 is 12.8 Å². The first-order valence-corrected chi connectivity index (χ1v) is 8.65. The predicted octanol–water partition coefficient (Wildman–Crippen LogP) is 3.08. The Kier molecular flexibility index (Phi) is 4.25. The molecule has 0 fully saturated rings. The smallest absolute Gasteiger partial charge is 0.261 e. The van der Waals surface area contributed by atoms with Crippen LogP contribution in [0.15, 0.2) is 53.7 Å². The summed E-state index contributed by atoms with van der Waals surface area (Å²) in [4.78, 5) is -0.119. The maximum Gasteiger partial charge on any atom is 0.261 e. The van der Waals surface area contributed by atoms with E-state index in [1.54, 1.807) is 35.2 Å². The second-order valence-electron chi connectivity index (χ2n) is 5.02. The second kappa shape index (κ2) is 6.21. The monoisotopic (exact) mass is 366 g/mol. The van der Waals surface area contributed by atoms with Gasteiger partial charge in [-0.25, -0.2) is 12.8 Å². The number of rotatable bonds is 4. The highest BCUT2D eigenvalue weighted by Gasteiger charge is 2.16. The van der Waals surface area contributed by atoms with E-state index in [4.69, 9.17) is 11.6 Å². The third kappa shape index (κ3) is 3.24. The molecule has 1 aromatic heterocycles. The summed E-state index contributed by atoms with van der Waals surface area (Å²) in [6.07, 6.45) is 1.57. The van der Waals surface area contributed by atoms with E-state index in [9.17, 15) is 12.8 Å². The van der Waals surface area contributed by atoms with Crippen LogP contribution in [0.2, 0.25) is 5.02 Å². The Morgan fingerprint density at radius 1 is 1.17 bits per heavy atom. The summed E-state index contributed by atoms with van der Waals surface area (Å²) in [5, 5.41) is 7.52. The van der Waals surface area contributed by atoms with Crippen LogP contribution >= 0.6 is 11.6 Å². The van der Waals surface area contributed by atoms with Gasteiger partial charge in [0.05, 0.1) is 9.92 Å². The van der Waals surface area contributed by atoms with Gasteiger partial charge in [-0.3, -0.25) is 4.72 Å². The number of halogens is 2. The van der Waals surface area contributed by atoms with Crippen LogP contribution < -0.4 is 4.72 Å². The molecule has 1 N–H and O–H groups in total. The molecule has 2 aromatic carbocycles. The highest BCUT2D eigenvalue weighted by atomic mass is 35.5. The van der Waals surface area contributed by atoms with Crippen LogP contribution in [0.3, 0.4) is 0 Å². The van der Waals surface area contributed by atoms with Gasteiger partial charge < -0.3 is 4.57 Å². The van der Waals surface area contributed by atoms with Crippen molar-refractivity contribution in [1.29, 1.82) is 0 Å². The number of nitrogens with one attached hydrogen (secondary N) is 1. The number of anilines is 1. The zero-order valence-corrected chi connectivity index (χ0v) is 14.0. The molecule has 0 aliphatic carbocycles. The van der Waals surface area contributed by atoms with Crippen LogP contribution in [0.4, 0.5) is 10.1 Å². The summed E-state index contributed by atoms with van der Waals surface area (Å²) >= 11 is 5.63. The van der Waals surface area contributed by atoms with Crippen LogP contribution in [0.1, 0.15) is 0 Å². The van der Waals surface area contributed by atoms with Gasteiger partial charge in [0, 0.05) is 18.3 Å². The Hall–Kier alpha value is -2.45. The Balaban J connectivity index is 1.85. The quantitative estimate of drug-likeness (QED) is 0.769. The third-order valence-electron chi connectivity index (χ3n) is 3.31. The molecule has 9 heteroatoms. The molecule has 0 aliphatic heterocycles. The molecule has 0 atom stereocenters. The lowest BCUT2D eigenvalue weighted by Gasteiger charge is -2.09. The van der Waals surface area contributed by atoms with E-state index in [0.29, 0.717) is 11.5 Å². The Bertz CT molecular complexity index is 987. The normalized spacial score (nSPS) is 11.5. The molecule has 0 bridgehead atoms. The Morgan fingerprint density at radius 3 is 2.46 bits per heavy atom. The number of benzene rings is 2. The largest absolute Gasteiger partial charge is 0.317 e. The van der Waals surface area contributed by atoms with E-state index in [-0.39, 0.29) is 9.92 Å². The first-order chi connectivity index (χ1) is 11.4. The van der Waals surface area contributed by atoms with Gasteiger partial charge in [-0.15, -0.1) is 10.2 Å². The highest BCUT2D eigenvalue weighted by Crippen LogP contribution is 2.23. The first-order valence-electron chi connectivity index (χ1n) is 6.79. The minimum Gasteiger partial charge on any atom is -0.317 e. The van der Waals surface area contributed by atoms with Crippen LogP contribution in [0.25, 0.3) is 11.4 Å². The fourth-order valence-corrected chi connectivity index (χ4v) is 3.42. The minimum atomic E-state index is -3.86. The summed E-state index contributed by atoms with van der Waals surface area (Å²) in [7, 11) is -2.05. The zero-order valence-electron chi connectivity index (χ0n) is 12.4.